The largest absolute Gasteiger partial charge is 0.482 e. The van der Waals surface area contributed by atoms with Crippen molar-refractivity contribution in [2.24, 2.45) is 0 Å². The highest BCUT2D eigenvalue weighted by atomic mass is 16.6. The maximum absolute atomic E-state index is 12.6. The molecule has 1 amide bonds. The van der Waals surface area contributed by atoms with Gasteiger partial charge in [-0.3, -0.25) is 19.1 Å². The average Bonchev–Trinajstić information content (AvgIpc) is 3.24. The van der Waals surface area contributed by atoms with Crippen LogP contribution in [-0.2, 0) is 9.53 Å². The van der Waals surface area contributed by atoms with Gasteiger partial charge in [0.1, 0.15) is 5.75 Å². The molecule has 2 aromatic carbocycles. The van der Waals surface area contributed by atoms with E-state index in [1.54, 1.807) is 62.4 Å². The Bertz CT molecular complexity index is 1150. The summed E-state index contributed by atoms with van der Waals surface area (Å²) in [5.41, 5.74) is 1.29. The number of hydrogen-bond donors (Lipinski definition) is 2. The molecule has 0 saturated carbocycles. The van der Waals surface area contributed by atoms with Crippen molar-refractivity contribution in [1.29, 1.82) is 0 Å². The van der Waals surface area contributed by atoms with Crippen molar-refractivity contribution in [1.82, 2.24) is 15.5 Å². The number of esters is 1. The Hall–Kier alpha value is -4.21. The highest BCUT2D eigenvalue weighted by molar-refractivity contribution is 6.04. The van der Waals surface area contributed by atoms with Crippen LogP contribution in [0.25, 0.3) is 11.4 Å². The van der Waals surface area contributed by atoms with E-state index in [-0.39, 0.29) is 24.8 Å². The molecule has 3 rings (SSSR count). The van der Waals surface area contributed by atoms with Gasteiger partial charge >= 0.3 is 11.7 Å². The molecule has 0 aliphatic heterocycles. The number of H-pyrrole nitrogens is 1. The van der Waals surface area contributed by atoms with Crippen LogP contribution in [-0.4, -0.2) is 47.1 Å². The quantitative estimate of drug-likeness (QED) is 0.381. The molecule has 10 nitrogen and oxygen atoms in total. The van der Waals surface area contributed by atoms with Crippen molar-refractivity contribution in [2.75, 3.05) is 13.2 Å². The van der Waals surface area contributed by atoms with Gasteiger partial charge in [0.2, 0.25) is 0 Å². The molecule has 0 aliphatic carbocycles. The molecule has 0 fully saturated rings. The van der Waals surface area contributed by atoms with E-state index in [4.69, 9.17) is 9.47 Å². The highest BCUT2D eigenvalue weighted by Gasteiger charge is 2.19. The Kier molecular flexibility index (Phi) is 7.17. The topological polar surface area (TPSA) is 141 Å². The first-order chi connectivity index (χ1) is 15.4. The van der Waals surface area contributed by atoms with Gasteiger partial charge in [-0.05, 0) is 50.2 Å². The first-order valence-electron chi connectivity index (χ1n) is 9.77. The van der Waals surface area contributed by atoms with Gasteiger partial charge in [0, 0.05) is 16.7 Å². The molecule has 1 heterocycles. The van der Waals surface area contributed by atoms with E-state index < -0.39 is 23.7 Å². The molecule has 1 atom stereocenters. The van der Waals surface area contributed by atoms with Gasteiger partial charge in [0.05, 0.1) is 12.6 Å². The number of hydrogen-bond acceptors (Lipinski definition) is 8. The summed E-state index contributed by atoms with van der Waals surface area (Å²) in [6.07, 6.45) is 0. The number of ether oxygens (including phenoxy) is 2. The fourth-order valence-electron chi connectivity index (χ4n) is 2.79. The van der Waals surface area contributed by atoms with Gasteiger partial charge in [0.15, 0.2) is 18.2 Å². The lowest BCUT2D eigenvalue weighted by atomic mass is 10.0. The standard InChI is InChI=1S/C22H21N3O7/c1-3-30-18(26)12-31-17-10-8-14(9-11-17)19(27)13(2)23-21(28)16-6-4-15(5-7-16)20-24-22(29)32-25-20/h4-11,13H,3,12H2,1-2H3,(H,23,28)(H,24,25,29)/t13-/m0/s1. The predicted molar refractivity (Wildman–Crippen MR) is 112 cm³/mol. The number of aromatic amines is 1. The van der Waals surface area contributed by atoms with Crippen molar-refractivity contribution >= 4 is 17.7 Å². The normalized spacial score (nSPS) is 11.4. The van der Waals surface area contributed by atoms with Gasteiger partial charge in [0.25, 0.3) is 5.91 Å². The molecular weight excluding hydrogens is 418 g/mol. The van der Waals surface area contributed by atoms with Gasteiger partial charge in [-0.2, -0.15) is 0 Å². The fraction of sp³-hybridized carbons (Fsp3) is 0.227. The molecule has 0 radical (unpaired) electrons. The van der Waals surface area contributed by atoms with E-state index in [2.05, 4.69) is 20.0 Å². The summed E-state index contributed by atoms with van der Waals surface area (Å²) in [5, 5.41) is 6.23. The van der Waals surface area contributed by atoms with E-state index in [1.165, 1.54) is 0 Å². The summed E-state index contributed by atoms with van der Waals surface area (Å²) in [6, 6.07) is 11.8. The van der Waals surface area contributed by atoms with E-state index in [0.29, 0.717) is 22.4 Å². The molecule has 2 N–H and O–H groups in total. The summed E-state index contributed by atoms with van der Waals surface area (Å²) in [4.78, 5) is 49.9. The molecule has 10 heteroatoms. The van der Waals surface area contributed by atoms with Gasteiger partial charge in [-0.25, -0.2) is 9.59 Å². The minimum atomic E-state index is -0.777. The van der Waals surface area contributed by atoms with Crippen LogP contribution < -0.4 is 15.8 Å². The van der Waals surface area contributed by atoms with Gasteiger partial charge in [-0.1, -0.05) is 17.3 Å². The number of amides is 1. The maximum atomic E-state index is 12.6. The van der Waals surface area contributed by atoms with Crippen LogP contribution in [0.3, 0.4) is 0 Å². The summed E-state index contributed by atoms with van der Waals surface area (Å²) in [6.45, 7) is 3.33. The second-order valence-corrected chi connectivity index (χ2v) is 6.70. The zero-order chi connectivity index (χ0) is 23.1. The Morgan fingerprint density at radius 2 is 1.72 bits per heavy atom. The zero-order valence-corrected chi connectivity index (χ0v) is 17.4. The Labute approximate surface area is 182 Å². The monoisotopic (exact) mass is 439 g/mol. The van der Waals surface area contributed by atoms with Crippen molar-refractivity contribution in [3.05, 3.63) is 70.2 Å². The second kappa shape index (κ2) is 10.2. The van der Waals surface area contributed by atoms with E-state index >= 15 is 0 Å². The molecule has 166 valence electrons. The smallest absolute Gasteiger partial charge is 0.439 e. The summed E-state index contributed by atoms with van der Waals surface area (Å²) >= 11 is 0. The molecule has 32 heavy (non-hydrogen) atoms. The lowest BCUT2D eigenvalue weighted by Gasteiger charge is -2.13. The number of rotatable bonds is 9. The minimum absolute atomic E-state index is 0.223. The third-order valence-corrected chi connectivity index (χ3v) is 4.40. The van der Waals surface area contributed by atoms with Crippen LogP contribution in [0.2, 0.25) is 0 Å². The maximum Gasteiger partial charge on any atom is 0.439 e. The van der Waals surface area contributed by atoms with Gasteiger partial charge in [-0.15, -0.1) is 0 Å². The molecule has 0 saturated heterocycles. The summed E-state index contributed by atoms with van der Waals surface area (Å²) in [5.74, 6) is -1.20. The number of aromatic nitrogens is 2. The number of carbonyl (C=O) groups is 3. The van der Waals surface area contributed by atoms with E-state index in [1.807, 2.05) is 0 Å². The predicted octanol–water partition coefficient (Wildman–Crippen LogP) is 1.97. The van der Waals surface area contributed by atoms with Crippen LogP contribution in [0.15, 0.2) is 57.8 Å². The number of carbonyl (C=O) groups excluding carboxylic acids is 3. The third kappa shape index (κ3) is 5.69. The number of nitrogens with zero attached hydrogens (tertiary/aromatic N) is 1. The number of Topliss-reactive ketones (excluding diaryl/α,β-unsaturated/α-hetero) is 1. The van der Waals surface area contributed by atoms with E-state index in [0.717, 1.165) is 0 Å². The third-order valence-electron chi connectivity index (χ3n) is 4.40. The minimum Gasteiger partial charge on any atom is -0.482 e. The molecule has 1 aromatic heterocycles. The number of benzene rings is 2. The Morgan fingerprint density at radius 1 is 1.06 bits per heavy atom. The highest BCUT2D eigenvalue weighted by Crippen LogP contribution is 2.16. The number of nitrogens with one attached hydrogen (secondary N) is 2. The van der Waals surface area contributed by atoms with Crippen LogP contribution in [0.5, 0.6) is 5.75 Å². The number of ketones is 1. The van der Waals surface area contributed by atoms with Crippen LogP contribution in [0, 0.1) is 0 Å². The van der Waals surface area contributed by atoms with E-state index in [9.17, 15) is 19.2 Å². The summed E-state index contributed by atoms with van der Waals surface area (Å²) in [7, 11) is 0. The first kappa shape index (κ1) is 22.5. The lowest BCUT2D eigenvalue weighted by Crippen LogP contribution is -2.38. The zero-order valence-electron chi connectivity index (χ0n) is 17.4. The Morgan fingerprint density at radius 3 is 2.31 bits per heavy atom. The van der Waals surface area contributed by atoms with Gasteiger partial charge < -0.3 is 14.8 Å². The average molecular weight is 439 g/mol. The van der Waals surface area contributed by atoms with Crippen LogP contribution in [0.4, 0.5) is 0 Å². The summed E-state index contributed by atoms with van der Waals surface area (Å²) < 4.78 is 14.5. The SMILES string of the molecule is CCOC(=O)COc1ccc(C(=O)[C@H](C)NC(=O)c2ccc(-c3noc(=O)[nH]3)cc2)cc1. The molecule has 0 spiro atoms. The Balaban J connectivity index is 1.57. The second-order valence-electron chi connectivity index (χ2n) is 6.70. The first-order valence-corrected chi connectivity index (χ1v) is 9.77. The van der Waals surface area contributed by atoms with Crippen molar-refractivity contribution in [3.63, 3.8) is 0 Å². The van der Waals surface area contributed by atoms with Crippen molar-refractivity contribution in [3.8, 4) is 17.1 Å². The molecule has 0 unspecified atom stereocenters. The lowest BCUT2D eigenvalue weighted by molar-refractivity contribution is -0.145. The molecule has 0 bridgehead atoms. The van der Waals surface area contributed by atoms with Crippen LogP contribution >= 0.6 is 0 Å². The van der Waals surface area contributed by atoms with Crippen LogP contribution in [0.1, 0.15) is 34.6 Å². The molecule has 0 aliphatic rings. The fourth-order valence-corrected chi connectivity index (χ4v) is 2.79. The van der Waals surface area contributed by atoms with Crippen molar-refractivity contribution in [2.45, 2.75) is 19.9 Å². The molecule has 3 aromatic rings. The molecular formula is C22H21N3O7. The van der Waals surface area contributed by atoms with Crippen molar-refractivity contribution < 1.29 is 28.4 Å².